The van der Waals surface area contributed by atoms with Gasteiger partial charge in [0.2, 0.25) is 0 Å². The summed E-state index contributed by atoms with van der Waals surface area (Å²) in [6.07, 6.45) is 0. The molecule has 0 bridgehead atoms. The minimum absolute atomic E-state index is 0.262. The normalized spacial score (nSPS) is 11.4. The predicted octanol–water partition coefficient (Wildman–Crippen LogP) is 5.42. The summed E-state index contributed by atoms with van der Waals surface area (Å²) >= 11 is 1.62. The molecule has 0 aliphatic heterocycles. The summed E-state index contributed by atoms with van der Waals surface area (Å²) < 4.78 is 21.6. The van der Waals surface area contributed by atoms with E-state index in [1.165, 1.54) is 6.07 Å². The van der Waals surface area contributed by atoms with Gasteiger partial charge in [-0.05, 0) is 36.4 Å². The van der Waals surface area contributed by atoms with E-state index >= 15 is 0 Å². The van der Waals surface area contributed by atoms with Crippen LogP contribution >= 0.6 is 11.8 Å². The molecule has 30 heavy (non-hydrogen) atoms. The van der Waals surface area contributed by atoms with Crippen molar-refractivity contribution < 1.29 is 9.13 Å². The standard InChI is InChI=1S/C23H19FN4OS/c24-16-7-1-6-12-21(16)29-14-13-28-20-11-5-4-10-19(20)27-23(28)30-15-22-25-17-8-2-3-9-18(17)26-22/h1-12H,13-15H2,(H,25,26). The van der Waals surface area contributed by atoms with Gasteiger partial charge < -0.3 is 14.3 Å². The number of thioether (sulfide) groups is 1. The first kappa shape index (κ1) is 18.7. The molecule has 0 aliphatic carbocycles. The summed E-state index contributed by atoms with van der Waals surface area (Å²) in [6.45, 7) is 0.913. The fraction of sp³-hybridized carbons (Fsp3) is 0.130. The Hall–Kier alpha value is -3.32. The van der Waals surface area contributed by atoms with Crippen LogP contribution in [0.3, 0.4) is 0 Å². The van der Waals surface area contributed by atoms with E-state index in [-0.39, 0.29) is 11.6 Å². The third-order valence-corrected chi connectivity index (χ3v) is 5.79. The highest BCUT2D eigenvalue weighted by atomic mass is 32.2. The Kier molecular flexibility index (Phi) is 5.11. The van der Waals surface area contributed by atoms with E-state index in [1.807, 2.05) is 48.5 Å². The van der Waals surface area contributed by atoms with Crippen molar-refractivity contribution in [3.05, 3.63) is 84.4 Å². The second kappa shape index (κ2) is 8.20. The first-order chi connectivity index (χ1) is 14.8. The maximum atomic E-state index is 13.8. The van der Waals surface area contributed by atoms with Gasteiger partial charge in [0.25, 0.3) is 0 Å². The van der Waals surface area contributed by atoms with Gasteiger partial charge in [-0.1, -0.05) is 48.2 Å². The lowest BCUT2D eigenvalue weighted by Gasteiger charge is -2.10. The Morgan fingerprint density at radius 1 is 0.900 bits per heavy atom. The number of nitrogens with zero attached hydrogens (tertiary/aromatic N) is 3. The quantitative estimate of drug-likeness (QED) is 0.359. The number of imidazole rings is 2. The zero-order chi connectivity index (χ0) is 20.3. The topological polar surface area (TPSA) is 55.7 Å². The number of fused-ring (bicyclic) bond motifs is 2. The minimum atomic E-state index is -0.354. The van der Waals surface area contributed by atoms with Crippen LogP contribution in [0, 0.1) is 5.82 Å². The molecule has 0 aliphatic rings. The average Bonchev–Trinajstić information content (AvgIpc) is 3.34. The predicted molar refractivity (Wildman–Crippen MR) is 117 cm³/mol. The molecule has 0 saturated carbocycles. The zero-order valence-electron chi connectivity index (χ0n) is 16.1. The Morgan fingerprint density at radius 3 is 2.53 bits per heavy atom. The molecule has 5 nitrogen and oxygen atoms in total. The second-order valence-electron chi connectivity index (χ2n) is 6.80. The van der Waals surface area contributed by atoms with Crippen molar-refractivity contribution in [3.63, 3.8) is 0 Å². The van der Waals surface area contributed by atoms with E-state index in [2.05, 4.69) is 14.5 Å². The highest BCUT2D eigenvalue weighted by Gasteiger charge is 2.13. The fourth-order valence-corrected chi connectivity index (χ4v) is 4.31. The van der Waals surface area contributed by atoms with Gasteiger partial charge in [0.15, 0.2) is 16.7 Å². The smallest absolute Gasteiger partial charge is 0.169 e. The lowest BCUT2D eigenvalue weighted by molar-refractivity contribution is 0.282. The summed E-state index contributed by atoms with van der Waals surface area (Å²) in [6, 6.07) is 22.4. The zero-order valence-corrected chi connectivity index (χ0v) is 16.9. The molecule has 0 amide bonds. The van der Waals surface area contributed by atoms with Crippen LogP contribution in [0.2, 0.25) is 0 Å². The first-order valence-corrected chi connectivity index (χ1v) is 10.7. The Morgan fingerprint density at radius 2 is 1.67 bits per heavy atom. The Bertz CT molecular complexity index is 1280. The molecule has 0 fully saturated rings. The Balaban J connectivity index is 1.35. The van der Waals surface area contributed by atoms with Gasteiger partial charge >= 0.3 is 0 Å². The summed E-state index contributed by atoms with van der Waals surface area (Å²) in [7, 11) is 0. The molecule has 0 saturated heterocycles. The van der Waals surface area contributed by atoms with Gasteiger partial charge in [-0.2, -0.15) is 0 Å². The van der Waals surface area contributed by atoms with Crippen molar-refractivity contribution in [2.75, 3.05) is 6.61 Å². The molecule has 150 valence electrons. The van der Waals surface area contributed by atoms with Crippen LogP contribution in [0.15, 0.2) is 78.0 Å². The minimum Gasteiger partial charge on any atom is -0.489 e. The molecule has 7 heteroatoms. The number of benzene rings is 3. The molecule has 5 aromatic rings. The van der Waals surface area contributed by atoms with Crippen LogP contribution < -0.4 is 4.74 Å². The van der Waals surface area contributed by atoms with E-state index in [4.69, 9.17) is 9.72 Å². The van der Waals surface area contributed by atoms with Crippen molar-refractivity contribution in [2.45, 2.75) is 17.5 Å². The Labute approximate surface area is 176 Å². The van der Waals surface area contributed by atoms with Gasteiger partial charge in [-0.25, -0.2) is 14.4 Å². The molecule has 0 atom stereocenters. The van der Waals surface area contributed by atoms with Gasteiger partial charge in [-0.3, -0.25) is 0 Å². The molecule has 0 unspecified atom stereocenters. The third kappa shape index (κ3) is 3.76. The van der Waals surface area contributed by atoms with Crippen molar-refractivity contribution in [2.24, 2.45) is 0 Å². The number of hydrogen-bond acceptors (Lipinski definition) is 4. The van der Waals surface area contributed by atoms with E-state index < -0.39 is 0 Å². The monoisotopic (exact) mass is 418 g/mol. The van der Waals surface area contributed by atoms with Crippen LogP contribution in [0.1, 0.15) is 5.82 Å². The molecule has 0 spiro atoms. The van der Waals surface area contributed by atoms with Crippen LogP contribution in [0.4, 0.5) is 4.39 Å². The number of aromatic nitrogens is 4. The summed E-state index contributed by atoms with van der Waals surface area (Å²) in [5, 5.41) is 0.883. The van der Waals surface area contributed by atoms with Crippen LogP contribution in [-0.2, 0) is 12.3 Å². The molecular weight excluding hydrogens is 399 g/mol. The first-order valence-electron chi connectivity index (χ1n) is 9.67. The SMILES string of the molecule is Fc1ccccc1OCCn1c(SCc2nc3ccccc3[nH]2)nc2ccccc21. The fourth-order valence-electron chi connectivity index (χ4n) is 3.40. The number of H-pyrrole nitrogens is 1. The maximum Gasteiger partial charge on any atom is 0.169 e. The summed E-state index contributed by atoms with van der Waals surface area (Å²) in [5.74, 6) is 1.49. The molecule has 2 aromatic heterocycles. The number of aromatic amines is 1. The lowest BCUT2D eigenvalue weighted by Crippen LogP contribution is -2.10. The van der Waals surface area contributed by atoms with Crippen molar-refractivity contribution >= 4 is 33.8 Å². The number of halogens is 1. The largest absolute Gasteiger partial charge is 0.489 e. The highest BCUT2D eigenvalue weighted by Crippen LogP contribution is 2.27. The molecular formula is C23H19FN4OS. The van der Waals surface area contributed by atoms with Crippen LogP contribution in [0.5, 0.6) is 5.75 Å². The number of nitrogens with one attached hydrogen (secondary N) is 1. The molecule has 3 aromatic carbocycles. The van der Waals surface area contributed by atoms with E-state index in [9.17, 15) is 4.39 Å². The van der Waals surface area contributed by atoms with E-state index in [0.717, 1.165) is 33.0 Å². The number of para-hydroxylation sites is 5. The summed E-state index contributed by atoms with van der Waals surface area (Å²) in [5.41, 5.74) is 3.94. The van der Waals surface area contributed by atoms with Crippen molar-refractivity contribution in [1.82, 2.24) is 19.5 Å². The molecule has 0 radical (unpaired) electrons. The van der Waals surface area contributed by atoms with Gasteiger partial charge in [0.05, 0.1) is 34.4 Å². The number of rotatable bonds is 7. The average molecular weight is 418 g/mol. The lowest BCUT2D eigenvalue weighted by atomic mass is 10.3. The number of ether oxygens (including phenoxy) is 1. The van der Waals surface area contributed by atoms with Gasteiger partial charge in [0.1, 0.15) is 12.4 Å². The maximum absolute atomic E-state index is 13.8. The van der Waals surface area contributed by atoms with Gasteiger partial charge in [-0.15, -0.1) is 0 Å². The molecule has 5 rings (SSSR count). The van der Waals surface area contributed by atoms with Crippen LogP contribution in [0.25, 0.3) is 22.1 Å². The van der Waals surface area contributed by atoms with E-state index in [1.54, 1.807) is 30.0 Å². The second-order valence-corrected chi connectivity index (χ2v) is 7.75. The van der Waals surface area contributed by atoms with Crippen molar-refractivity contribution in [1.29, 1.82) is 0 Å². The molecule has 2 heterocycles. The summed E-state index contributed by atoms with van der Waals surface area (Å²) in [4.78, 5) is 12.8. The number of hydrogen-bond donors (Lipinski definition) is 1. The highest BCUT2D eigenvalue weighted by molar-refractivity contribution is 7.98. The molecule has 1 N–H and O–H groups in total. The van der Waals surface area contributed by atoms with Crippen molar-refractivity contribution in [3.8, 4) is 5.75 Å². The van der Waals surface area contributed by atoms with E-state index in [0.29, 0.717) is 18.9 Å². The van der Waals surface area contributed by atoms with Crippen LogP contribution in [-0.4, -0.2) is 26.1 Å². The third-order valence-electron chi connectivity index (χ3n) is 4.81. The van der Waals surface area contributed by atoms with Gasteiger partial charge in [0, 0.05) is 0 Å².